The van der Waals surface area contributed by atoms with E-state index in [1.54, 1.807) is 0 Å². The summed E-state index contributed by atoms with van der Waals surface area (Å²) in [4.78, 5) is 16.1. The molecule has 2 N–H and O–H groups in total. The quantitative estimate of drug-likeness (QED) is 0.693. The Morgan fingerprint density at radius 1 is 1.33 bits per heavy atom. The van der Waals surface area contributed by atoms with Gasteiger partial charge in [0, 0.05) is 31.1 Å². The monoisotopic (exact) mass is 211 g/mol. The van der Waals surface area contributed by atoms with Crippen LogP contribution >= 0.6 is 0 Å². The van der Waals surface area contributed by atoms with Crippen molar-refractivity contribution in [3.8, 4) is 0 Å². The van der Waals surface area contributed by atoms with Crippen LogP contribution in [0.4, 0.5) is 0 Å². The lowest BCUT2D eigenvalue weighted by Gasteiger charge is -2.50. The van der Waals surface area contributed by atoms with Crippen LogP contribution in [0.5, 0.6) is 0 Å². The number of primary amides is 1. The maximum Gasteiger partial charge on any atom is 0.220 e. The molecule has 4 nitrogen and oxygen atoms in total. The number of piperazine rings is 1. The van der Waals surface area contributed by atoms with Crippen LogP contribution in [0.25, 0.3) is 0 Å². The van der Waals surface area contributed by atoms with E-state index in [1.165, 1.54) is 0 Å². The largest absolute Gasteiger partial charge is 0.369 e. The fourth-order valence-corrected chi connectivity index (χ4v) is 2.95. The molecule has 2 unspecified atom stereocenters. The zero-order chi connectivity index (χ0) is 11.0. The van der Waals surface area contributed by atoms with Gasteiger partial charge in [0.1, 0.15) is 0 Å². The summed E-state index contributed by atoms with van der Waals surface area (Å²) in [5.41, 5.74) is 5.41. The van der Waals surface area contributed by atoms with Crippen LogP contribution in [0.2, 0.25) is 0 Å². The first kappa shape index (κ1) is 10.9. The highest BCUT2D eigenvalue weighted by Gasteiger charge is 2.40. The predicted octanol–water partition coefficient (Wildman–Crippen LogP) is -0.114. The molecule has 2 fully saturated rings. The molecule has 4 heteroatoms. The summed E-state index contributed by atoms with van der Waals surface area (Å²) >= 11 is 0. The van der Waals surface area contributed by atoms with Crippen molar-refractivity contribution in [3.63, 3.8) is 0 Å². The summed E-state index contributed by atoms with van der Waals surface area (Å²) in [5, 5.41) is 0. The number of likely N-dealkylation sites (tertiary alicyclic amines) is 1. The number of rotatable bonds is 2. The zero-order valence-electron chi connectivity index (χ0n) is 9.65. The van der Waals surface area contributed by atoms with Crippen molar-refractivity contribution >= 4 is 5.91 Å². The van der Waals surface area contributed by atoms with Gasteiger partial charge < -0.3 is 10.6 Å². The number of nitrogens with zero attached hydrogens (tertiary/aromatic N) is 2. The average Bonchev–Trinajstić information content (AvgIpc) is 2.16. The van der Waals surface area contributed by atoms with Gasteiger partial charge in [-0.2, -0.15) is 0 Å². The summed E-state index contributed by atoms with van der Waals surface area (Å²) in [6.45, 7) is 5.50. The molecule has 2 heterocycles. The predicted molar refractivity (Wildman–Crippen MR) is 59.4 cm³/mol. The van der Waals surface area contributed by atoms with Gasteiger partial charge in [-0.05, 0) is 26.4 Å². The van der Waals surface area contributed by atoms with Crippen molar-refractivity contribution in [1.82, 2.24) is 9.80 Å². The molecule has 2 rings (SSSR count). The van der Waals surface area contributed by atoms with Gasteiger partial charge in [-0.3, -0.25) is 9.69 Å². The van der Waals surface area contributed by atoms with Crippen LogP contribution < -0.4 is 5.73 Å². The number of hydrogen-bond donors (Lipinski definition) is 1. The van der Waals surface area contributed by atoms with E-state index in [9.17, 15) is 4.79 Å². The number of fused-ring (bicyclic) bond motifs is 2. The van der Waals surface area contributed by atoms with Crippen molar-refractivity contribution in [2.24, 2.45) is 11.7 Å². The van der Waals surface area contributed by atoms with Gasteiger partial charge in [0.2, 0.25) is 5.91 Å². The number of likely N-dealkylation sites (N-methyl/N-ethyl adjacent to an activating group) is 2. The molecule has 0 saturated carbocycles. The normalized spacial score (nSPS) is 37.9. The van der Waals surface area contributed by atoms with Gasteiger partial charge in [0.25, 0.3) is 0 Å². The molecular weight excluding hydrogens is 190 g/mol. The molecule has 1 amide bonds. The van der Waals surface area contributed by atoms with Crippen LogP contribution in [0.3, 0.4) is 0 Å². The van der Waals surface area contributed by atoms with Crippen LogP contribution in [-0.2, 0) is 4.79 Å². The minimum absolute atomic E-state index is 0.107. The highest BCUT2D eigenvalue weighted by Crippen LogP contribution is 2.30. The second kappa shape index (κ2) is 4.10. The van der Waals surface area contributed by atoms with Crippen molar-refractivity contribution in [2.45, 2.75) is 31.8 Å². The zero-order valence-corrected chi connectivity index (χ0v) is 9.65. The number of piperidine rings is 1. The Morgan fingerprint density at radius 2 is 1.87 bits per heavy atom. The first-order valence-electron chi connectivity index (χ1n) is 5.85. The van der Waals surface area contributed by atoms with Crippen molar-refractivity contribution in [1.29, 1.82) is 0 Å². The third kappa shape index (κ3) is 2.01. The molecule has 0 aromatic carbocycles. The molecule has 2 bridgehead atoms. The molecule has 2 saturated heterocycles. The van der Waals surface area contributed by atoms with Crippen molar-refractivity contribution < 1.29 is 4.79 Å². The van der Waals surface area contributed by atoms with Crippen molar-refractivity contribution in [3.05, 3.63) is 0 Å². The highest BCUT2D eigenvalue weighted by molar-refractivity contribution is 5.76. The molecule has 0 aromatic heterocycles. The maximum absolute atomic E-state index is 11.2. The van der Waals surface area contributed by atoms with Crippen LogP contribution in [0.15, 0.2) is 0 Å². The molecule has 0 spiro atoms. The van der Waals surface area contributed by atoms with Crippen LogP contribution in [-0.4, -0.2) is 54.5 Å². The first-order chi connectivity index (χ1) is 7.11. The van der Waals surface area contributed by atoms with Crippen LogP contribution in [0, 0.1) is 5.92 Å². The molecule has 2 aliphatic heterocycles. The Kier molecular flexibility index (Phi) is 2.98. The van der Waals surface area contributed by atoms with Gasteiger partial charge >= 0.3 is 0 Å². The standard InChI is InChI=1S/C11H21N3O/c1-3-14-6-9-4-8(11(12)15)5-10(7-14)13(9)2/h8-10H,3-7H2,1-2H3,(H2,12,15). The Labute approximate surface area is 91.4 Å². The number of carbonyl (C=O) groups excluding carboxylic acids is 1. The van der Waals surface area contributed by atoms with E-state index in [0.717, 1.165) is 32.5 Å². The van der Waals surface area contributed by atoms with Gasteiger partial charge in [0.15, 0.2) is 0 Å². The molecule has 86 valence electrons. The van der Waals surface area contributed by atoms with Gasteiger partial charge in [-0.1, -0.05) is 6.92 Å². The maximum atomic E-state index is 11.2. The fraction of sp³-hybridized carbons (Fsp3) is 0.909. The molecule has 15 heavy (non-hydrogen) atoms. The van der Waals surface area contributed by atoms with E-state index >= 15 is 0 Å². The Balaban J connectivity index is 2.06. The van der Waals surface area contributed by atoms with E-state index < -0.39 is 0 Å². The van der Waals surface area contributed by atoms with E-state index in [0.29, 0.717) is 12.1 Å². The number of carbonyl (C=O) groups is 1. The van der Waals surface area contributed by atoms with Gasteiger partial charge in [-0.15, -0.1) is 0 Å². The van der Waals surface area contributed by atoms with Gasteiger partial charge in [-0.25, -0.2) is 0 Å². The van der Waals surface area contributed by atoms with E-state index in [2.05, 4.69) is 23.8 Å². The Hall–Kier alpha value is -0.610. The van der Waals surface area contributed by atoms with Gasteiger partial charge in [0.05, 0.1) is 0 Å². The third-order valence-corrected chi connectivity index (χ3v) is 4.05. The lowest BCUT2D eigenvalue weighted by Crippen LogP contribution is -2.61. The highest BCUT2D eigenvalue weighted by atomic mass is 16.1. The second-order valence-corrected chi connectivity index (χ2v) is 4.90. The van der Waals surface area contributed by atoms with Crippen LogP contribution in [0.1, 0.15) is 19.8 Å². The molecule has 2 aliphatic rings. The van der Waals surface area contributed by atoms with E-state index in [4.69, 9.17) is 5.73 Å². The lowest BCUT2D eigenvalue weighted by molar-refractivity contribution is -0.126. The topological polar surface area (TPSA) is 49.6 Å². The SMILES string of the molecule is CCN1CC2CC(C(N)=O)CC(C1)N2C. The minimum atomic E-state index is -0.108. The Bertz CT molecular complexity index is 240. The molecule has 0 radical (unpaired) electrons. The lowest BCUT2D eigenvalue weighted by atomic mass is 9.83. The first-order valence-corrected chi connectivity index (χ1v) is 5.85. The summed E-state index contributed by atoms with van der Waals surface area (Å²) in [7, 11) is 2.18. The minimum Gasteiger partial charge on any atom is -0.369 e. The average molecular weight is 211 g/mol. The number of amides is 1. The number of nitrogens with two attached hydrogens (primary N) is 1. The summed E-state index contributed by atoms with van der Waals surface area (Å²) in [6, 6.07) is 1.05. The van der Waals surface area contributed by atoms with Crippen molar-refractivity contribution in [2.75, 3.05) is 26.7 Å². The summed E-state index contributed by atoms with van der Waals surface area (Å²) < 4.78 is 0. The fourth-order valence-electron chi connectivity index (χ4n) is 2.95. The molecule has 2 atom stereocenters. The second-order valence-electron chi connectivity index (χ2n) is 4.90. The molecule has 0 aromatic rings. The van der Waals surface area contributed by atoms with E-state index in [-0.39, 0.29) is 11.8 Å². The Morgan fingerprint density at radius 3 is 2.27 bits per heavy atom. The van der Waals surface area contributed by atoms with E-state index in [1.807, 2.05) is 0 Å². The molecule has 0 aliphatic carbocycles. The summed E-state index contributed by atoms with van der Waals surface area (Å²) in [6.07, 6.45) is 1.89. The smallest absolute Gasteiger partial charge is 0.220 e. The molecular formula is C11H21N3O. The third-order valence-electron chi connectivity index (χ3n) is 4.05. The summed E-state index contributed by atoms with van der Waals surface area (Å²) in [5.74, 6) is -0.00162. The number of hydrogen-bond acceptors (Lipinski definition) is 3.